The van der Waals surface area contributed by atoms with Gasteiger partial charge in [-0.2, -0.15) is 5.26 Å². The number of rotatable bonds is 3. The third kappa shape index (κ3) is 5.49. The van der Waals surface area contributed by atoms with Crippen molar-refractivity contribution in [3.63, 3.8) is 0 Å². The van der Waals surface area contributed by atoms with Crippen LogP contribution < -0.4 is 0 Å². The second-order valence-electron chi connectivity index (χ2n) is 2.44. The molecule has 0 N–H and O–H groups in total. The third-order valence-corrected chi connectivity index (χ3v) is 1.07. The lowest BCUT2D eigenvalue weighted by Crippen LogP contribution is -1.84. The Morgan fingerprint density at radius 2 is 2.12 bits per heavy atom. The lowest BCUT2D eigenvalue weighted by atomic mass is 10.1. The van der Waals surface area contributed by atoms with Crippen LogP contribution in [0.4, 0.5) is 0 Å². The van der Waals surface area contributed by atoms with Gasteiger partial charge >= 0.3 is 0 Å². The van der Waals surface area contributed by atoms with Crippen LogP contribution in [0.3, 0.4) is 0 Å². The van der Waals surface area contributed by atoms with Crippen LogP contribution in [-0.4, -0.2) is 0 Å². The van der Waals surface area contributed by atoms with Crippen molar-refractivity contribution in [3.8, 4) is 6.07 Å². The summed E-state index contributed by atoms with van der Waals surface area (Å²) in [5, 5.41) is 8.13. The van der Waals surface area contributed by atoms with Gasteiger partial charge in [-0.15, -0.1) is 0 Å². The molecule has 0 radical (unpaired) electrons. The normalized spacial score (nSPS) is 9.25. The Hall–Kier alpha value is -0.510. The van der Waals surface area contributed by atoms with Crippen molar-refractivity contribution in [1.82, 2.24) is 0 Å². The molecule has 0 fully saturated rings. The van der Waals surface area contributed by atoms with Crippen molar-refractivity contribution in [2.75, 3.05) is 0 Å². The zero-order chi connectivity index (χ0) is 6.41. The van der Waals surface area contributed by atoms with E-state index in [0.717, 1.165) is 18.8 Å². The maximum atomic E-state index is 8.13. The Balaban J connectivity index is 2.85. The Labute approximate surface area is 51.3 Å². The van der Waals surface area contributed by atoms with E-state index in [4.69, 9.17) is 5.26 Å². The van der Waals surface area contributed by atoms with Gasteiger partial charge in [-0.3, -0.25) is 0 Å². The highest BCUT2D eigenvalue weighted by Gasteiger charge is 1.90. The van der Waals surface area contributed by atoms with Crippen LogP contribution in [0.5, 0.6) is 0 Å². The van der Waals surface area contributed by atoms with Crippen LogP contribution in [0.15, 0.2) is 0 Å². The van der Waals surface area contributed by atoms with Crippen molar-refractivity contribution in [3.05, 3.63) is 0 Å². The van der Waals surface area contributed by atoms with Gasteiger partial charge in [-0.1, -0.05) is 13.8 Å². The molecule has 0 aliphatic rings. The molecule has 0 spiro atoms. The average Bonchev–Trinajstić information content (AvgIpc) is 1.66. The van der Waals surface area contributed by atoms with E-state index in [9.17, 15) is 0 Å². The molecule has 0 atom stereocenters. The van der Waals surface area contributed by atoms with E-state index in [1.165, 1.54) is 6.42 Å². The minimum absolute atomic E-state index is 0.720. The van der Waals surface area contributed by atoms with Crippen LogP contribution in [0.2, 0.25) is 0 Å². The van der Waals surface area contributed by atoms with Crippen LogP contribution in [0, 0.1) is 17.2 Å². The topological polar surface area (TPSA) is 23.8 Å². The van der Waals surface area contributed by atoms with Gasteiger partial charge in [0, 0.05) is 6.42 Å². The van der Waals surface area contributed by atoms with Crippen molar-refractivity contribution < 1.29 is 0 Å². The van der Waals surface area contributed by atoms with E-state index in [0.29, 0.717) is 0 Å². The van der Waals surface area contributed by atoms with E-state index >= 15 is 0 Å². The fraction of sp³-hybridized carbons (Fsp3) is 0.857. The van der Waals surface area contributed by atoms with Gasteiger partial charge in [-0.25, -0.2) is 0 Å². The molecule has 0 amide bonds. The maximum absolute atomic E-state index is 8.13. The Morgan fingerprint density at radius 1 is 1.50 bits per heavy atom. The quantitative estimate of drug-likeness (QED) is 0.513. The molecular formula is C7H13N. The summed E-state index contributed by atoms with van der Waals surface area (Å²) in [6, 6.07) is 2.12. The van der Waals surface area contributed by atoms with E-state index < -0.39 is 0 Å². The molecule has 0 heterocycles. The molecule has 0 saturated heterocycles. The molecule has 8 heavy (non-hydrogen) atoms. The summed E-state index contributed by atoms with van der Waals surface area (Å²) in [4.78, 5) is 0. The second kappa shape index (κ2) is 4.64. The van der Waals surface area contributed by atoms with Crippen LogP contribution in [0.1, 0.15) is 33.1 Å². The zero-order valence-corrected chi connectivity index (χ0v) is 5.65. The zero-order valence-electron chi connectivity index (χ0n) is 5.65. The summed E-state index contributed by atoms with van der Waals surface area (Å²) in [6.07, 6.45) is 2.97. The molecule has 0 aliphatic carbocycles. The van der Waals surface area contributed by atoms with E-state index in [1.54, 1.807) is 0 Å². The highest BCUT2D eigenvalue weighted by Crippen LogP contribution is 2.04. The predicted octanol–water partition coefficient (Wildman–Crippen LogP) is 2.34. The molecule has 0 aliphatic heterocycles. The van der Waals surface area contributed by atoms with Gasteiger partial charge in [0.15, 0.2) is 0 Å². The van der Waals surface area contributed by atoms with Crippen molar-refractivity contribution in [2.24, 2.45) is 5.92 Å². The van der Waals surface area contributed by atoms with Crippen molar-refractivity contribution >= 4 is 0 Å². The largest absolute Gasteiger partial charge is 0.198 e. The molecule has 1 nitrogen and oxygen atoms in total. The number of unbranched alkanes of at least 4 members (excludes halogenated alkanes) is 1. The molecule has 0 aromatic carbocycles. The van der Waals surface area contributed by atoms with Crippen molar-refractivity contribution in [1.29, 1.82) is 5.26 Å². The fourth-order valence-electron chi connectivity index (χ4n) is 0.589. The summed E-state index contributed by atoms with van der Waals surface area (Å²) in [7, 11) is 0. The molecule has 46 valence electrons. The molecule has 0 aromatic rings. The van der Waals surface area contributed by atoms with E-state index in [1.807, 2.05) is 0 Å². The van der Waals surface area contributed by atoms with E-state index in [-0.39, 0.29) is 0 Å². The molecular weight excluding hydrogens is 98.1 g/mol. The summed E-state index contributed by atoms with van der Waals surface area (Å²) < 4.78 is 0. The van der Waals surface area contributed by atoms with Gasteiger partial charge in [0.25, 0.3) is 0 Å². The van der Waals surface area contributed by atoms with Gasteiger partial charge in [-0.05, 0) is 18.8 Å². The number of nitriles is 1. The highest BCUT2D eigenvalue weighted by atomic mass is 14.2. The van der Waals surface area contributed by atoms with Gasteiger partial charge in [0.1, 0.15) is 0 Å². The summed E-state index contributed by atoms with van der Waals surface area (Å²) in [6.45, 7) is 4.36. The first-order valence-electron chi connectivity index (χ1n) is 3.14. The van der Waals surface area contributed by atoms with Gasteiger partial charge in [0.2, 0.25) is 0 Å². The smallest absolute Gasteiger partial charge is 0.0621 e. The molecule has 1 heteroatoms. The summed E-state index contributed by atoms with van der Waals surface area (Å²) >= 11 is 0. The Kier molecular flexibility index (Phi) is 4.35. The van der Waals surface area contributed by atoms with Crippen LogP contribution >= 0.6 is 0 Å². The first-order chi connectivity index (χ1) is 3.77. The molecule has 0 saturated carbocycles. The first kappa shape index (κ1) is 7.49. The lowest BCUT2D eigenvalue weighted by molar-refractivity contribution is 0.562. The van der Waals surface area contributed by atoms with Gasteiger partial charge in [0.05, 0.1) is 6.07 Å². The molecule has 0 rings (SSSR count). The lowest BCUT2D eigenvalue weighted by Gasteiger charge is -1.98. The average molecular weight is 111 g/mol. The maximum Gasteiger partial charge on any atom is 0.0621 e. The minimum Gasteiger partial charge on any atom is -0.198 e. The summed E-state index contributed by atoms with van der Waals surface area (Å²) in [5.74, 6) is 0.753. The first-order valence-corrected chi connectivity index (χ1v) is 3.14. The molecule has 0 aromatic heterocycles. The van der Waals surface area contributed by atoms with Gasteiger partial charge < -0.3 is 0 Å². The summed E-state index contributed by atoms with van der Waals surface area (Å²) in [5.41, 5.74) is 0. The van der Waals surface area contributed by atoms with Crippen LogP contribution in [0.25, 0.3) is 0 Å². The predicted molar refractivity (Wildman–Crippen MR) is 34.3 cm³/mol. The number of hydrogen-bond donors (Lipinski definition) is 0. The number of hydrogen-bond acceptors (Lipinski definition) is 1. The van der Waals surface area contributed by atoms with Crippen LogP contribution in [-0.2, 0) is 0 Å². The number of nitrogens with zero attached hydrogens (tertiary/aromatic N) is 1. The SMILES string of the molecule is CC(C)CCCC#N. The molecule has 0 bridgehead atoms. The van der Waals surface area contributed by atoms with E-state index in [2.05, 4.69) is 19.9 Å². The third-order valence-electron chi connectivity index (χ3n) is 1.07. The Morgan fingerprint density at radius 3 is 2.50 bits per heavy atom. The second-order valence-corrected chi connectivity index (χ2v) is 2.44. The van der Waals surface area contributed by atoms with Crippen molar-refractivity contribution in [2.45, 2.75) is 33.1 Å². The standard InChI is InChI=1S/C7H13N/c1-7(2)5-3-4-6-8/h7H,3-5H2,1-2H3. The highest BCUT2D eigenvalue weighted by molar-refractivity contribution is 4.68. The minimum atomic E-state index is 0.720. The monoisotopic (exact) mass is 111 g/mol. The fourth-order valence-corrected chi connectivity index (χ4v) is 0.589. The Bertz CT molecular complexity index is 78.9. The molecule has 0 unspecified atom stereocenters.